The molecule has 1 aliphatic rings. The van der Waals surface area contributed by atoms with Crippen LogP contribution >= 0.6 is 0 Å². The highest BCUT2D eigenvalue weighted by molar-refractivity contribution is 6.04. The minimum Gasteiger partial charge on any atom is -0.459 e. The number of amides is 1. The van der Waals surface area contributed by atoms with Crippen molar-refractivity contribution in [3.63, 3.8) is 0 Å². The molecule has 1 aromatic carbocycles. The molecule has 2 aromatic heterocycles. The summed E-state index contributed by atoms with van der Waals surface area (Å²) >= 11 is 0. The molecular weight excluding hydrogens is 371 g/mol. The molecule has 0 atom stereocenters. The number of anilines is 2. The van der Waals surface area contributed by atoms with Gasteiger partial charge >= 0.3 is 0 Å². The number of rotatable bonds is 5. The van der Waals surface area contributed by atoms with E-state index in [2.05, 4.69) is 14.9 Å². The molecule has 0 bridgehead atoms. The van der Waals surface area contributed by atoms with Crippen LogP contribution in [0.4, 0.5) is 16.0 Å². The molecule has 7 heteroatoms. The van der Waals surface area contributed by atoms with E-state index < -0.39 is 0 Å². The fraction of sp³-hybridized carbons (Fsp3) is 0.318. The maximum absolute atomic E-state index is 13.6. The topological polar surface area (TPSA) is 62.5 Å². The predicted molar refractivity (Wildman–Crippen MR) is 108 cm³/mol. The van der Waals surface area contributed by atoms with Crippen molar-refractivity contribution < 1.29 is 13.6 Å². The predicted octanol–water partition coefficient (Wildman–Crippen LogP) is 4.35. The van der Waals surface area contributed by atoms with Crippen molar-refractivity contribution in [3.05, 3.63) is 71.7 Å². The first-order valence-electron chi connectivity index (χ1n) is 9.79. The van der Waals surface area contributed by atoms with Crippen LogP contribution in [0.25, 0.3) is 0 Å². The Morgan fingerprint density at radius 3 is 2.59 bits per heavy atom. The van der Waals surface area contributed by atoms with Crippen molar-refractivity contribution >= 4 is 17.5 Å². The molecule has 0 aliphatic carbocycles. The number of carbonyl (C=O) groups is 1. The SMILES string of the molecule is Cc1cc(F)ccc1N(Cc1cnc(N2CCCCC2)nc1)C(=O)c1ccco1. The largest absolute Gasteiger partial charge is 0.459 e. The Labute approximate surface area is 169 Å². The summed E-state index contributed by atoms with van der Waals surface area (Å²) in [5.41, 5.74) is 2.07. The minimum atomic E-state index is -0.342. The van der Waals surface area contributed by atoms with Crippen molar-refractivity contribution in [1.82, 2.24) is 9.97 Å². The van der Waals surface area contributed by atoms with Crippen LogP contribution in [0.15, 0.2) is 53.4 Å². The highest BCUT2D eigenvalue weighted by Crippen LogP contribution is 2.25. The smallest absolute Gasteiger partial charge is 0.294 e. The van der Waals surface area contributed by atoms with Crippen molar-refractivity contribution in [2.24, 2.45) is 0 Å². The van der Waals surface area contributed by atoms with Gasteiger partial charge in [0.1, 0.15) is 5.82 Å². The molecular formula is C22H23FN4O2. The zero-order valence-electron chi connectivity index (χ0n) is 16.3. The van der Waals surface area contributed by atoms with Gasteiger partial charge in [-0.15, -0.1) is 0 Å². The van der Waals surface area contributed by atoms with Crippen LogP contribution in [0.3, 0.4) is 0 Å². The van der Waals surface area contributed by atoms with Crippen LogP contribution in [0.1, 0.15) is 40.9 Å². The van der Waals surface area contributed by atoms with Gasteiger partial charge in [-0.3, -0.25) is 4.79 Å². The van der Waals surface area contributed by atoms with Gasteiger partial charge in [0.25, 0.3) is 5.91 Å². The average Bonchev–Trinajstić information content (AvgIpc) is 3.28. The van der Waals surface area contributed by atoms with E-state index >= 15 is 0 Å². The maximum atomic E-state index is 13.6. The van der Waals surface area contributed by atoms with E-state index in [0.29, 0.717) is 11.3 Å². The quantitative estimate of drug-likeness (QED) is 0.644. The van der Waals surface area contributed by atoms with E-state index in [0.717, 1.165) is 37.4 Å². The number of aryl methyl sites for hydroxylation is 1. The molecule has 0 saturated carbocycles. The first-order chi connectivity index (χ1) is 14.1. The lowest BCUT2D eigenvalue weighted by atomic mass is 10.1. The third-order valence-corrected chi connectivity index (χ3v) is 5.10. The second-order valence-corrected chi connectivity index (χ2v) is 7.24. The second-order valence-electron chi connectivity index (χ2n) is 7.24. The monoisotopic (exact) mass is 394 g/mol. The number of halogens is 1. The van der Waals surface area contributed by atoms with E-state index in [1.165, 1.54) is 24.8 Å². The molecule has 4 rings (SSSR count). The normalized spacial score (nSPS) is 14.1. The Kier molecular flexibility index (Phi) is 5.55. The number of hydrogen-bond donors (Lipinski definition) is 0. The molecule has 150 valence electrons. The number of carbonyl (C=O) groups excluding carboxylic acids is 1. The van der Waals surface area contributed by atoms with Crippen molar-refractivity contribution in [1.29, 1.82) is 0 Å². The molecule has 0 spiro atoms. The number of furan rings is 1. The van der Waals surface area contributed by atoms with E-state index in [1.807, 2.05) is 0 Å². The van der Waals surface area contributed by atoms with E-state index in [-0.39, 0.29) is 24.0 Å². The summed E-state index contributed by atoms with van der Waals surface area (Å²) in [7, 11) is 0. The molecule has 1 aliphatic heterocycles. The second kappa shape index (κ2) is 8.43. The van der Waals surface area contributed by atoms with Crippen molar-refractivity contribution in [2.45, 2.75) is 32.7 Å². The summed E-state index contributed by atoms with van der Waals surface area (Å²) in [6, 6.07) is 7.65. The lowest BCUT2D eigenvalue weighted by Crippen LogP contribution is -2.32. The third-order valence-electron chi connectivity index (χ3n) is 5.10. The molecule has 1 saturated heterocycles. The van der Waals surface area contributed by atoms with Gasteiger partial charge in [-0.1, -0.05) is 0 Å². The number of nitrogens with zero attached hydrogens (tertiary/aromatic N) is 4. The van der Waals surface area contributed by atoms with Gasteiger partial charge < -0.3 is 14.2 Å². The van der Waals surface area contributed by atoms with Crippen LogP contribution in [-0.2, 0) is 6.54 Å². The Morgan fingerprint density at radius 2 is 1.93 bits per heavy atom. The minimum absolute atomic E-state index is 0.222. The number of piperidine rings is 1. The number of hydrogen-bond acceptors (Lipinski definition) is 5. The molecule has 1 amide bonds. The molecule has 1 fully saturated rings. The van der Waals surface area contributed by atoms with Crippen LogP contribution in [0, 0.1) is 12.7 Å². The van der Waals surface area contributed by atoms with Crippen molar-refractivity contribution in [2.75, 3.05) is 22.9 Å². The van der Waals surface area contributed by atoms with Gasteiger partial charge in [0.05, 0.1) is 12.8 Å². The molecule has 0 radical (unpaired) electrons. The molecule has 3 aromatic rings. The van der Waals surface area contributed by atoms with Crippen LogP contribution in [0.2, 0.25) is 0 Å². The standard InChI is InChI=1S/C22H23FN4O2/c1-16-12-18(23)7-8-19(16)27(21(28)20-6-5-11-29-20)15-17-13-24-22(25-14-17)26-9-3-2-4-10-26/h5-8,11-14H,2-4,9-10,15H2,1H3. The van der Waals surface area contributed by atoms with E-state index in [1.54, 1.807) is 42.4 Å². The first kappa shape index (κ1) is 19.1. The maximum Gasteiger partial charge on any atom is 0.294 e. The van der Waals surface area contributed by atoms with E-state index in [9.17, 15) is 9.18 Å². The molecule has 0 N–H and O–H groups in total. The summed E-state index contributed by atoms with van der Waals surface area (Å²) in [6.45, 7) is 3.97. The molecule has 29 heavy (non-hydrogen) atoms. The zero-order valence-corrected chi connectivity index (χ0v) is 16.3. The highest BCUT2D eigenvalue weighted by atomic mass is 19.1. The lowest BCUT2D eigenvalue weighted by Gasteiger charge is -2.27. The Hall–Kier alpha value is -3.22. The first-order valence-corrected chi connectivity index (χ1v) is 9.79. The average molecular weight is 394 g/mol. The van der Waals surface area contributed by atoms with Gasteiger partial charge in [-0.2, -0.15) is 0 Å². The van der Waals surface area contributed by atoms with Crippen LogP contribution in [0.5, 0.6) is 0 Å². The molecule has 0 unspecified atom stereocenters. The van der Waals surface area contributed by atoms with Gasteiger partial charge in [-0.05, 0) is 62.1 Å². The number of benzene rings is 1. The van der Waals surface area contributed by atoms with Crippen LogP contribution < -0.4 is 9.80 Å². The van der Waals surface area contributed by atoms with Crippen molar-refractivity contribution in [3.8, 4) is 0 Å². The Bertz CT molecular complexity index is 967. The summed E-state index contributed by atoms with van der Waals surface area (Å²) in [6.07, 6.45) is 8.51. The number of aromatic nitrogens is 2. The lowest BCUT2D eigenvalue weighted by molar-refractivity contribution is 0.0958. The fourth-order valence-electron chi connectivity index (χ4n) is 3.59. The molecule has 3 heterocycles. The highest BCUT2D eigenvalue weighted by Gasteiger charge is 2.23. The van der Waals surface area contributed by atoms with Gasteiger partial charge in [0.15, 0.2) is 5.76 Å². The fourth-order valence-corrected chi connectivity index (χ4v) is 3.59. The van der Waals surface area contributed by atoms with E-state index in [4.69, 9.17) is 4.42 Å². The summed E-state index contributed by atoms with van der Waals surface area (Å²) in [5.74, 6) is 0.297. The summed E-state index contributed by atoms with van der Waals surface area (Å²) in [4.78, 5) is 25.8. The molecule has 6 nitrogen and oxygen atoms in total. The Balaban J connectivity index is 1.60. The Morgan fingerprint density at radius 1 is 1.17 bits per heavy atom. The van der Waals surface area contributed by atoms with Gasteiger partial charge in [0, 0.05) is 36.7 Å². The summed E-state index contributed by atoms with van der Waals surface area (Å²) < 4.78 is 18.9. The van der Waals surface area contributed by atoms with Crippen LogP contribution in [-0.4, -0.2) is 29.0 Å². The van der Waals surface area contributed by atoms with Gasteiger partial charge in [0.2, 0.25) is 5.95 Å². The van der Waals surface area contributed by atoms with Gasteiger partial charge in [-0.25, -0.2) is 14.4 Å². The third kappa shape index (κ3) is 4.29. The summed E-state index contributed by atoms with van der Waals surface area (Å²) in [5, 5.41) is 0. The zero-order chi connectivity index (χ0) is 20.2.